The highest BCUT2D eigenvalue weighted by molar-refractivity contribution is 4.77. The van der Waals surface area contributed by atoms with Crippen LogP contribution in [0.15, 0.2) is 0 Å². The van der Waals surface area contributed by atoms with Gasteiger partial charge in [0.2, 0.25) is 0 Å². The fourth-order valence-corrected chi connectivity index (χ4v) is 2.47. The Bertz CT molecular complexity index is 219. The van der Waals surface area contributed by atoms with Crippen molar-refractivity contribution in [2.24, 2.45) is 5.92 Å². The van der Waals surface area contributed by atoms with E-state index in [1.54, 1.807) is 0 Å². The zero-order valence-corrected chi connectivity index (χ0v) is 10.4. The first-order valence-electron chi connectivity index (χ1n) is 6.22. The maximum atomic E-state index is 5.63. The monoisotopic (exact) mass is 230 g/mol. The van der Waals surface area contributed by atoms with Gasteiger partial charge in [0.05, 0.1) is 13.2 Å². The van der Waals surface area contributed by atoms with Gasteiger partial charge in [0, 0.05) is 12.3 Å². The Morgan fingerprint density at radius 1 is 1.25 bits per heavy atom. The quantitative estimate of drug-likeness (QED) is 0.726. The van der Waals surface area contributed by atoms with Crippen molar-refractivity contribution in [3.63, 3.8) is 0 Å². The van der Waals surface area contributed by atoms with Crippen LogP contribution in [0.4, 0.5) is 0 Å². The summed E-state index contributed by atoms with van der Waals surface area (Å²) in [7, 11) is 0. The molecule has 2 rings (SSSR count). The first-order chi connectivity index (χ1) is 7.63. The third kappa shape index (κ3) is 2.74. The van der Waals surface area contributed by atoms with Crippen molar-refractivity contribution in [1.29, 1.82) is 0 Å². The topological polar surface area (TPSA) is 36.9 Å². The van der Waals surface area contributed by atoms with Gasteiger partial charge >= 0.3 is 0 Å². The van der Waals surface area contributed by atoms with Crippen LogP contribution in [0.3, 0.4) is 0 Å². The number of hydrogen-bond acceptors (Lipinski definition) is 4. The summed E-state index contributed by atoms with van der Waals surface area (Å²) in [5, 5.41) is 0. The Morgan fingerprint density at radius 3 is 2.38 bits per heavy atom. The Kier molecular flexibility index (Phi) is 3.85. The molecule has 0 bridgehead atoms. The lowest BCUT2D eigenvalue weighted by atomic mass is 9.94. The van der Waals surface area contributed by atoms with E-state index in [4.69, 9.17) is 18.9 Å². The van der Waals surface area contributed by atoms with Crippen LogP contribution in [0.2, 0.25) is 0 Å². The van der Waals surface area contributed by atoms with Crippen molar-refractivity contribution in [3.05, 3.63) is 0 Å². The molecule has 4 nitrogen and oxygen atoms in total. The summed E-state index contributed by atoms with van der Waals surface area (Å²) in [4.78, 5) is 0. The van der Waals surface area contributed by atoms with Gasteiger partial charge < -0.3 is 18.9 Å². The third-order valence-electron chi connectivity index (χ3n) is 3.23. The third-order valence-corrected chi connectivity index (χ3v) is 3.23. The van der Waals surface area contributed by atoms with Crippen LogP contribution in [-0.2, 0) is 18.9 Å². The van der Waals surface area contributed by atoms with Gasteiger partial charge in [0.25, 0.3) is 0 Å². The lowest BCUT2D eigenvalue weighted by molar-refractivity contribution is -0.397. The van der Waals surface area contributed by atoms with Gasteiger partial charge in [-0.2, -0.15) is 0 Å². The van der Waals surface area contributed by atoms with Crippen molar-refractivity contribution >= 4 is 0 Å². The molecule has 0 aromatic rings. The van der Waals surface area contributed by atoms with E-state index in [0.717, 1.165) is 19.3 Å². The van der Waals surface area contributed by atoms with Gasteiger partial charge in [-0.25, -0.2) is 0 Å². The lowest BCUT2D eigenvalue weighted by Gasteiger charge is -2.41. The average Bonchev–Trinajstić information content (AvgIpc) is 2.60. The molecule has 0 saturated carbocycles. The molecule has 0 aliphatic carbocycles. The second-order valence-electron chi connectivity index (χ2n) is 4.79. The first kappa shape index (κ1) is 12.3. The lowest BCUT2D eigenvalue weighted by Crippen LogP contribution is -2.46. The minimum atomic E-state index is -0.439. The van der Waals surface area contributed by atoms with Crippen LogP contribution >= 0.6 is 0 Å². The second kappa shape index (κ2) is 5.00. The van der Waals surface area contributed by atoms with E-state index in [-0.39, 0.29) is 12.6 Å². The van der Waals surface area contributed by atoms with Crippen molar-refractivity contribution in [1.82, 2.24) is 0 Å². The van der Waals surface area contributed by atoms with Crippen LogP contribution in [0.25, 0.3) is 0 Å². The minimum absolute atomic E-state index is 0.0532. The van der Waals surface area contributed by atoms with Crippen LogP contribution in [-0.4, -0.2) is 31.6 Å². The molecule has 0 radical (unpaired) electrons. The van der Waals surface area contributed by atoms with Gasteiger partial charge in [0.15, 0.2) is 18.4 Å². The van der Waals surface area contributed by atoms with Crippen molar-refractivity contribution in [2.75, 3.05) is 13.2 Å². The van der Waals surface area contributed by atoms with E-state index in [2.05, 4.69) is 6.92 Å². The maximum Gasteiger partial charge on any atom is 0.166 e. The fraction of sp³-hybridized carbons (Fsp3) is 1.00. The van der Waals surface area contributed by atoms with Gasteiger partial charge in [-0.15, -0.1) is 0 Å². The zero-order valence-electron chi connectivity index (χ0n) is 10.4. The standard InChI is InChI=1S/C12H22O4/c1-4-5-10(11-15-9(2)16-11)8-12(3)13-6-7-14-12/h9-11H,4-8H2,1-3H3. The molecular formula is C12H22O4. The molecule has 2 aliphatic heterocycles. The molecule has 1 atom stereocenters. The van der Waals surface area contributed by atoms with Crippen LogP contribution in [0.5, 0.6) is 0 Å². The maximum absolute atomic E-state index is 5.63. The van der Waals surface area contributed by atoms with E-state index in [9.17, 15) is 0 Å². The molecule has 0 aromatic carbocycles. The molecule has 2 aliphatic rings. The fourth-order valence-electron chi connectivity index (χ4n) is 2.47. The highest BCUT2D eigenvalue weighted by Crippen LogP contribution is 2.35. The molecule has 2 fully saturated rings. The van der Waals surface area contributed by atoms with E-state index >= 15 is 0 Å². The SMILES string of the molecule is CCCC(CC1(C)OCCO1)C1OC(C)O1. The molecule has 4 heteroatoms. The van der Waals surface area contributed by atoms with Gasteiger partial charge in [0.1, 0.15) is 0 Å². The van der Waals surface area contributed by atoms with E-state index in [1.807, 2.05) is 13.8 Å². The number of ether oxygens (including phenoxy) is 4. The molecule has 0 N–H and O–H groups in total. The predicted molar refractivity (Wildman–Crippen MR) is 58.7 cm³/mol. The van der Waals surface area contributed by atoms with Crippen molar-refractivity contribution in [2.45, 2.75) is 58.4 Å². The molecular weight excluding hydrogens is 208 g/mol. The molecule has 16 heavy (non-hydrogen) atoms. The summed E-state index contributed by atoms with van der Waals surface area (Å²) in [5.74, 6) is -0.0740. The summed E-state index contributed by atoms with van der Waals surface area (Å²) >= 11 is 0. The Balaban J connectivity index is 1.86. The van der Waals surface area contributed by atoms with E-state index in [0.29, 0.717) is 19.1 Å². The Labute approximate surface area is 97.2 Å². The highest BCUT2D eigenvalue weighted by atomic mass is 16.9. The molecule has 0 amide bonds. The normalized spacial score (nSPS) is 34.7. The van der Waals surface area contributed by atoms with Gasteiger partial charge in [-0.05, 0) is 20.3 Å². The van der Waals surface area contributed by atoms with Crippen LogP contribution in [0, 0.1) is 5.92 Å². The van der Waals surface area contributed by atoms with Crippen LogP contribution < -0.4 is 0 Å². The summed E-state index contributed by atoms with van der Waals surface area (Å²) in [6.45, 7) is 7.48. The van der Waals surface area contributed by atoms with Crippen LogP contribution in [0.1, 0.15) is 40.0 Å². The second-order valence-corrected chi connectivity index (χ2v) is 4.79. The summed E-state index contributed by atoms with van der Waals surface area (Å²) < 4.78 is 22.4. The summed E-state index contributed by atoms with van der Waals surface area (Å²) in [5.41, 5.74) is 0. The minimum Gasteiger partial charge on any atom is -0.348 e. The summed E-state index contributed by atoms with van der Waals surface area (Å²) in [6, 6.07) is 0. The first-order valence-corrected chi connectivity index (χ1v) is 6.22. The predicted octanol–water partition coefficient (Wildman–Crippen LogP) is 2.27. The number of hydrogen-bond donors (Lipinski definition) is 0. The molecule has 94 valence electrons. The van der Waals surface area contributed by atoms with Gasteiger partial charge in [-0.1, -0.05) is 13.3 Å². The smallest absolute Gasteiger partial charge is 0.166 e. The molecule has 2 heterocycles. The van der Waals surface area contributed by atoms with Gasteiger partial charge in [-0.3, -0.25) is 0 Å². The molecule has 0 aromatic heterocycles. The van der Waals surface area contributed by atoms with Crippen molar-refractivity contribution < 1.29 is 18.9 Å². The highest BCUT2D eigenvalue weighted by Gasteiger charge is 2.41. The van der Waals surface area contributed by atoms with E-state index < -0.39 is 5.79 Å². The molecule has 2 saturated heterocycles. The Hall–Kier alpha value is -0.160. The number of rotatable bonds is 5. The molecule has 1 unspecified atom stereocenters. The zero-order chi connectivity index (χ0) is 11.6. The molecule has 0 spiro atoms. The van der Waals surface area contributed by atoms with Crippen molar-refractivity contribution in [3.8, 4) is 0 Å². The largest absolute Gasteiger partial charge is 0.348 e. The Morgan fingerprint density at radius 2 is 1.88 bits per heavy atom. The van der Waals surface area contributed by atoms with E-state index in [1.165, 1.54) is 0 Å². The summed E-state index contributed by atoms with van der Waals surface area (Å²) in [6.07, 6.45) is 2.93. The average molecular weight is 230 g/mol.